The zero-order valence-corrected chi connectivity index (χ0v) is 19.0. The number of rotatable bonds is 1. The molecule has 0 fully saturated rings. The smallest absolute Gasteiger partial charge is 0.135 e. The van der Waals surface area contributed by atoms with Crippen molar-refractivity contribution in [2.45, 2.75) is 0 Å². The minimum Gasteiger partial charge on any atom is -0.456 e. The van der Waals surface area contributed by atoms with Crippen LogP contribution in [0.2, 0.25) is 0 Å². The van der Waals surface area contributed by atoms with Crippen LogP contribution in [0.3, 0.4) is 0 Å². The Hall–Kier alpha value is -4.62. The van der Waals surface area contributed by atoms with Gasteiger partial charge in [-0.05, 0) is 90.8 Å². The maximum absolute atomic E-state index is 6.31. The summed E-state index contributed by atoms with van der Waals surface area (Å²) in [5.41, 5.74) is 4.80. The van der Waals surface area contributed by atoms with Crippen molar-refractivity contribution in [3.05, 3.63) is 121 Å². The van der Waals surface area contributed by atoms with Gasteiger partial charge < -0.3 is 4.74 Å². The van der Waals surface area contributed by atoms with Crippen LogP contribution in [0.4, 0.5) is 0 Å². The molecule has 7 aromatic carbocycles. The fraction of sp³-hybridized carbons (Fsp3) is 0. The Labute approximate surface area is 202 Å². The van der Waals surface area contributed by atoms with Crippen molar-refractivity contribution < 1.29 is 4.74 Å². The highest BCUT2D eigenvalue weighted by molar-refractivity contribution is 6.13. The highest BCUT2D eigenvalue weighted by atomic mass is 16.5. The van der Waals surface area contributed by atoms with Crippen molar-refractivity contribution >= 4 is 43.1 Å². The fourth-order valence-corrected chi connectivity index (χ4v) is 5.67. The van der Waals surface area contributed by atoms with Crippen molar-refractivity contribution in [2.24, 2.45) is 0 Å². The van der Waals surface area contributed by atoms with Gasteiger partial charge >= 0.3 is 0 Å². The number of fused-ring (bicyclic) bond motifs is 6. The van der Waals surface area contributed by atoms with Gasteiger partial charge in [-0.2, -0.15) is 0 Å². The fourth-order valence-electron chi connectivity index (χ4n) is 5.67. The van der Waals surface area contributed by atoms with Crippen LogP contribution >= 0.6 is 0 Å². The van der Waals surface area contributed by atoms with Crippen molar-refractivity contribution in [1.82, 2.24) is 0 Å². The summed E-state index contributed by atoms with van der Waals surface area (Å²) in [6.07, 6.45) is 0. The normalized spacial score (nSPS) is 12.2. The topological polar surface area (TPSA) is 9.23 Å². The second-order valence-electron chi connectivity index (χ2n) is 9.39. The van der Waals surface area contributed by atoms with Gasteiger partial charge in [0.05, 0.1) is 0 Å². The molecule has 162 valence electrons. The molecule has 1 heteroatoms. The van der Waals surface area contributed by atoms with Gasteiger partial charge in [-0.3, -0.25) is 0 Å². The summed E-state index contributed by atoms with van der Waals surface area (Å²) in [5.74, 6) is 1.85. The maximum Gasteiger partial charge on any atom is 0.135 e. The Morgan fingerprint density at radius 2 is 1.06 bits per heavy atom. The summed E-state index contributed by atoms with van der Waals surface area (Å²) < 4.78 is 6.31. The molecule has 8 rings (SSSR count). The van der Waals surface area contributed by atoms with E-state index in [1.165, 1.54) is 59.8 Å². The second kappa shape index (κ2) is 6.94. The van der Waals surface area contributed by atoms with E-state index in [9.17, 15) is 0 Å². The van der Waals surface area contributed by atoms with Crippen molar-refractivity contribution in [3.8, 4) is 33.8 Å². The first-order valence-electron chi connectivity index (χ1n) is 12.0. The zero-order chi connectivity index (χ0) is 22.9. The quantitative estimate of drug-likeness (QED) is 0.181. The summed E-state index contributed by atoms with van der Waals surface area (Å²) >= 11 is 0. The average molecular weight is 445 g/mol. The van der Waals surface area contributed by atoms with Gasteiger partial charge in [0, 0.05) is 10.9 Å². The van der Waals surface area contributed by atoms with Crippen LogP contribution in [0.5, 0.6) is 11.5 Å². The monoisotopic (exact) mass is 444 g/mol. The standard InChI is InChI=1S/C34H20O/c1-2-6-24-18-30-27(17-23(24)5-1)14-12-21-11-13-25(19-29(21)30)26-15-16-32-31(20-26)28-9-3-7-22-8-4-10-33(35-32)34(22)28/h1-20H. The third-order valence-corrected chi connectivity index (χ3v) is 7.39. The van der Waals surface area contributed by atoms with Gasteiger partial charge in [-0.1, -0.05) is 84.9 Å². The predicted octanol–water partition coefficient (Wildman–Crippen LogP) is 9.74. The molecule has 0 saturated heterocycles. The van der Waals surface area contributed by atoms with Crippen LogP contribution in [0.15, 0.2) is 121 Å². The van der Waals surface area contributed by atoms with E-state index >= 15 is 0 Å². The highest BCUT2D eigenvalue weighted by Crippen LogP contribution is 2.47. The van der Waals surface area contributed by atoms with Crippen LogP contribution in [0.25, 0.3) is 65.3 Å². The first kappa shape index (κ1) is 18.8. The van der Waals surface area contributed by atoms with Crippen LogP contribution in [0.1, 0.15) is 0 Å². The third kappa shape index (κ3) is 2.76. The van der Waals surface area contributed by atoms with Gasteiger partial charge in [0.15, 0.2) is 0 Å². The molecule has 0 unspecified atom stereocenters. The largest absolute Gasteiger partial charge is 0.456 e. The van der Waals surface area contributed by atoms with E-state index in [0.717, 1.165) is 17.1 Å². The second-order valence-corrected chi connectivity index (χ2v) is 9.39. The molecular weight excluding hydrogens is 424 g/mol. The van der Waals surface area contributed by atoms with Crippen LogP contribution < -0.4 is 4.74 Å². The first-order valence-corrected chi connectivity index (χ1v) is 12.0. The van der Waals surface area contributed by atoms with Gasteiger partial charge in [0.25, 0.3) is 0 Å². The molecule has 1 heterocycles. The van der Waals surface area contributed by atoms with Crippen molar-refractivity contribution in [3.63, 3.8) is 0 Å². The molecule has 1 aliphatic heterocycles. The van der Waals surface area contributed by atoms with E-state index in [0.29, 0.717) is 0 Å². The Balaban J connectivity index is 1.35. The minimum atomic E-state index is 0.914. The first-order chi connectivity index (χ1) is 17.3. The molecule has 1 nitrogen and oxygen atoms in total. The Kier molecular flexibility index (Phi) is 3.72. The Bertz CT molecular complexity index is 1970. The van der Waals surface area contributed by atoms with Gasteiger partial charge in [0.1, 0.15) is 11.5 Å². The summed E-state index contributed by atoms with van der Waals surface area (Å²) in [6.45, 7) is 0. The summed E-state index contributed by atoms with van der Waals surface area (Å²) in [7, 11) is 0. The number of hydrogen-bond acceptors (Lipinski definition) is 1. The molecule has 1 aliphatic rings. The molecule has 0 aromatic heterocycles. The van der Waals surface area contributed by atoms with Crippen molar-refractivity contribution in [2.75, 3.05) is 0 Å². The Morgan fingerprint density at radius 1 is 0.371 bits per heavy atom. The molecule has 0 saturated carbocycles. The number of ether oxygens (including phenoxy) is 1. The number of hydrogen-bond donors (Lipinski definition) is 0. The van der Waals surface area contributed by atoms with Crippen LogP contribution in [0, 0.1) is 0 Å². The molecular formula is C34H20O. The lowest BCUT2D eigenvalue weighted by Gasteiger charge is -2.22. The highest BCUT2D eigenvalue weighted by Gasteiger charge is 2.20. The van der Waals surface area contributed by atoms with Crippen LogP contribution in [-0.2, 0) is 0 Å². The maximum atomic E-state index is 6.31. The van der Waals surface area contributed by atoms with Gasteiger partial charge in [-0.25, -0.2) is 0 Å². The van der Waals surface area contributed by atoms with E-state index in [4.69, 9.17) is 4.74 Å². The summed E-state index contributed by atoms with van der Waals surface area (Å²) in [5, 5.41) is 10.1. The molecule has 0 atom stereocenters. The van der Waals surface area contributed by atoms with E-state index < -0.39 is 0 Å². The predicted molar refractivity (Wildman–Crippen MR) is 147 cm³/mol. The molecule has 0 radical (unpaired) electrons. The summed E-state index contributed by atoms with van der Waals surface area (Å²) in [4.78, 5) is 0. The lowest BCUT2D eigenvalue weighted by Crippen LogP contribution is -1.97. The molecule has 35 heavy (non-hydrogen) atoms. The molecule has 0 spiro atoms. The molecule has 0 aliphatic carbocycles. The third-order valence-electron chi connectivity index (χ3n) is 7.39. The average Bonchev–Trinajstić information content (AvgIpc) is 2.92. The molecule has 0 amide bonds. The SMILES string of the molecule is c1ccc2cc3c(ccc4ccc(-c5ccc6c(c5)-c5cccc7cccc(c57)O6)cc43)cc2c1. The van der Waals surface area contributed by atoms with E-state index in [1.54, 1.807) is 0 Å². The van der Waals surface area contributed by atoms with Crippen molar-refractivity contribution in [1.29, 1.82) is 0 Å². The van der Waals surface area contributed by atoms with Gasteiger partial charge in [0.2, 0.25) is 0 Å². The van der Waals surface area contributed by atoms with E-state index in [2.05, 4.69) is 121 Å². The molecule has 0 bridgehead atoms. The van der Waals surface area contributed by atoms with E-state index in [-0.39, 0.29) is 0 Å². The lowest BCUT2D eigenvalue weighted by atomic mass is 9.91. The zero-order valence-electron chi connectivity index (χ0n) is 19.0. The molecule has 0 N–H and O–H groups in total. The van der Waals surface area contributed by atoms with Gasteiger partial charge in [-0.15, -0.1) is 0 Å². The Morgan fingerprint density at radius 3 is 1.97 bits per heavy atom. The van der Waals surface area contributed by atoms with Crippen LogP contribution in [-0.4, -0.2) is 0 Å². The van der Waals surface area contributed by atoms with E-state index in [1.807, 2.05) is 0 Å². The molecule has 7 aromatic rings. The number of benzene rings is 7. The lowest BCUT2D eigenvalue weighted by molar-refractivity contribution is 0.487. The summed E-state index contributed by atoms with van der Waals surface area (Å²) in [6, 6.07) is 43.8. The minimum absolute atomic E-state index is 0.914.